The first-order valence-corrected chi connectivity index (χ1v) is 5.12. The Morgan fingerprint density at radius 3 is 2.62 bits per heavy atom. The van der Waals surface area contributed by atoms with E-state index in [4.69, 9.17) is 4.52 Å². The average molecular weight is 215 g/mol. The topological polar surface area (TPSA) is 43.1 Å². The third-order valence-corrected chi connectivity index (χ3v) is 2.65. The summed E-state index contributed by atoms with van der Waals surface area (Å²) in [6, 6.07) is 6.01. The molecule has 2 aromatic rings. The van der Waals surface area contributed by atoms with Crippen molar-refractivity contribution in [1.29, 1.82) is 0 Å². The Balaban J connectivity index is 2.63. The Morgan fingerprint density at radius 2 is 2.00 bits per heavy atom. The van der Waals surface area contributed by atoms with Gasteiger partial charge in [0, 0.05) is 5.56 Å². The molecule has 82 valence electrons. The number of carbonyl (C=O) groups excluding carboxylic acids is 1. The fourth-order valence-electron chi connectivity index (χ4n) is 1.78. The van der Waals surface area contributed by atoms with Gasteiger partial charge in [-0.1, -0.05) is 28.9 Å². The van der Waals surface area contributed by atoms with Crippen molar-refractivity contribution in [2.24, 2.45) is 0 Å². The van der Waals surface area contributed by atoms with Crippen molar-refractivity contribution < 1.29 is 9.32 Å². The highest BCUT2D eigenvalue weighted by molar-refractivity contribution is 5.86. The maximum Gasteiger partial charge on any atom is 0.177 e. The monoisotopic (exact) mass is 215 g/mol. The van der Waals surface area contributed by atoms with E-state index in [-0.39, 0.29) is 0 Å². The third-order valence-electron chi connectivity index (χ3n) is 2.65. The van der Waals surface area contributed by atoms with Crippen molar-refractivity contribution in [2.45, 2.75) is 20.8 Å². The first-order valence-electron chi connectivity index (χ1n) is 5.12. The number of hydrogen-bond acceptors (Lipinski definition) is 3. The number of rotatable bonds is 2. The van der Waals surface area contributed by atoms with Gasteiger partial charge in [0.05, 0.1) is 11.3 Å². The van der Waals surface area contributed by atoms with Crippen LogP contribution in [0.4, 0.5) is 0 Å². The lowest BCUT2D eigenvalue weighted by Crippen LogP contribution is -1.88. The summed E-state index contributed by atoms with van der Waals surface area (Å²) in [6.45, 7) is 5.79. The van der Waals surface area contributed by atoms with Gasteiger partial charge in [-0.05, 0) is 26.3 Å². The fourth-order valence-corrected chi connectivity index (χ4v) is 1.78. The van der Waals surface area contributed by atoms with E-state index < -0.39 is 0 Å². The van der Waals surface area contributed by atoms with Crippen molar-refractivity contribution in [2.75, 3.05) is 0 Å². The molecule has 0 unspecified atom stereocenters. The van der Waals surface area contributed by atoms with Crippen LogP contribution in [0.15, 0.2) is 22.7 Å². The van der Waals surface area contributed by atoms with Gasteiger partial charge in [0.15, 0.2) is 12.0 Å². The smallest absolute Gasteiger partial charge is 0.177 e. The van der Waals surface area contributed by atoms with Gasteiger partial charge in [0.1, 0.15) is 0 Å². The largest absolute Gasteiger partial charge is 0.355 e. The molecule has 0 radical (unpaired) electrons. The van der Waals surface area contributed by atoms with E-state index in [1.807, 2.05) is 26.0 Å². The van der Waals surface area contributed by atoms with E-state index in [1.54, 1.807) is 6.92 Å². The van der Waals surface area contributed by atoms with Gasteiger partial charge in [0.2, 0.25) is 0 Å². The van der Waals surface area contributed by atoms with E-state index in [0.717, 1.165) is 17.4 Å². The van der Waals surface area contributed by atoms with E-state index in [2.05, 4.69) is 11.2 Å². The third kappa shape index (κ3) is 1.65. The maximum atomic E-state index is 11.0. The quantitative estimate of drug-likeness (QED) is 0.723. The van der Waals surface area contributed by atoms with Crippen LogP contribution < -0.4 is 0 Å². The molecule has 0 fully saturated rings. The van der Waals surface area contributed by atoms with E-state index in [1.165, 1.54) is 5.56 Å². The summed E-state index contributed by atoms with van der Waals surface area (Å²) in [5, 5.41) is 3.82. The second-order valence-electron chi connectivity index (χ2n) is 3.95. The summed E-state index contributed by atoms with van der Waals surface area (Å²) in [4.78, 5) is 11.0. The Kier molecular flexibility index (Phi) is 2.60. The van der Waals surface area contributed by atoms with E-state index in [0.29, 0.717) is 17.0 Å². The summed E-state index contributed by atoms with van der Waals surface area (Å²) in [7, 11) is 0. The minimum atomic E-state index is 0.534. The Labute approximate surface area is 94.1 Å². The Bertz CT molecular complexity index is 541. The minimum absolute atomic E-state index is 0.534. The SMILES string of the molecule is Cc1ccc(-c2onc(C)c2C=O)c(C)c1. The number of benzene rings is 1. The first-order chi connectivity index (χ1) is 7.63. The molecule has 0 aliphatic carbocycles. The zero-order chi connectivity index (χ0) is 11.7. The molecule has 2 rings (SSSR count). The number of carbonyl (C=O) groups is 1. The van der Waals surface area contributed by atoms with Crippen molar-refractivity contribution in [3.63, 3.8) is 0 Å². The highest BCUT2D eigenvalue weighted by Crippen LogP contribution is 2.28. The van der Waals surface area contributed by atoms with Gasteiger partial charge in [0.25, 0.3) is 0 Å². The molecule has 0 saturated carbocycles. The molecular weight excluding hydrogens is 202 g/mol. The van der Waals surface area contributed by atoms with Crippen LogP contribution in [0, 0.1) is 20.8 Å². The van der Waals surface area contributed by atoms with Gasteiger partial charge >= 0.3 is 0 Å². The molecule has 1 aromatic heterocycles. The van der Waals surface area contributed by atoms with Crippen LogP contribution in [0.1, 0.15) is 27.2 Å². The molecular formula is C13H13NO2. The second-order valence-corrected chi connectivity index (χ2v) is 3.95. The van der Waals surface area contributed by atoms with E-state index in [9.17, 15) is 4.79 Å². The Morgan fingerprint density at radius 1 is 1.25 bits per heavy atom. The molecule has 3 nitrogen and oxygen atoms in total. The van der Waals surface area contributed by atoms with Crippen LogP contribution in [0.25, 0.3) is 11.3 Å². The summed E-state index contributed by atoms with van der Waals surface area (Å²) >= 11 is 0. The number of aromatic nitrogens is 1. The lowest BCUT2D eigenvalue weighted by molar-refractivity contribution is 0.112. The number of hydrogen-bond donors (Lipinski definition) is 0. The zero-order valence-electron chi connectivity index (χ0n) is 9.57. The highest BCUT2D eigenvalue weighted by Gasteiger charge is 2.15. The molecule has 3 heteroatoms. The van der Waals surface area contributed by atoms with Crippen molar-refractivity contribution in [3.05, 3.63) is 40.6 Å². The molecule has 1 heterocycles. The second kappa shape index (κ2) is 3.93. The summed E-state index contributed by atoms with van der Waals surface area (Å²) < 4.78 is 5.21. The fraction of sp³-hybridized carbons (Fsp3) is 0.231. The van der Waals surface area contributed by atoms with Gasteiger partial charge in [-0.15, -0.1) is 0 Å². The van der Waals surface area contributed by atoms with E-state index >= 15 is 0 Å². The van der Waals surface area contributed by atoms with Crippen molar-refractivity contribution >= 4 is 6.29 Å². The van der Waals surface area contributed by atoms with Crippen LogP contribution >= 0.6 is 0 Å². The molecule has 0 aliphatic heterocycles. The number of nitrogens with zero attached hydrogens (tertiary/aromatic N) is 1. The summed E-state index contributed by atoms with van der Waals surface area (Å²) in [5.74, 6) is 0.560. The summed E-state index contributed by atoms with van der Waals surface area (Å²) in [5.41, 5.74) is 4.36. The lowest BCUT2D eigenvalue weighted by Gasteiger charge is -2.03. The predicted octanol–water partition coefficient (Wildman–Crippen LogP) is 3.08. The molecule has 0 amide bonds. The van der Waals surface area contributed by atoms with Crippen LogP contribution in [0.5, 0.6) is 0 Å². The molecule has 1 aromatic carbocycles. The van der Waals surface area contributed by atoms with Crippen molar-refractivity contribution in [3.8, 4) is 11.3 Å². The molecule has 0 spiro atoms. The van der Waals surface area contributed by atoms with Crippen LogP contribution in [-0.4, -0.2) is 11.4 Å². The van der Waals surface area contributed by atoms with Crippen LogP contribution in [-0.2, 0) is 0 Å². The predicted molar refractivity (Wildman–Crippen MR) is 61.5 cm³/mol. The normalized spacial score (nSPS) is 10.4. The average Bonchev–Trinajstić information content (AvgIpc) is 2.59. The number of aldehydes is 1. The molecule has 0 saturated heterocycles. The van der Waals surface area contributed by atoms with Gasteiger partial charge in [-0.25, -0.2) is 0 Å². The maximum absolute atomic E-state index is 11.0. The molecule has 16 heavy (non-hydrogen) atoms. The van der Waals surface area contributed by atoms with Gasteiger partial charge in [-0.2, -0.15) is 0 Å². The summed E-state index contributed by atoms with van der Waals surface area (Å²) in [6.07, 6.45) is 0.792. The van der Waals surface area contributed by atoms with Crippen LogP contribution in [0.2, 0.25) is 0 Å². The molecule has 0 N–H and O–H groups in total. The standard InChI is InChI=1S/C13H13NO2/c1-8-4-5-11(9(2)6-8)13-12(7-15)10(3)14-16-13/h4-7H,1-3H3. The van der Waals surface area contributed by atoms with Gasteiger partial charge in [-0.3, -0.25) is 4.79 Å². The molecule has 0 bridgehead atoms. The van der Waals surface area contributed by atoms with Gasteiger partial charge < -0.3 is 4.52 Å². The Hall–Kier alpha value is -1.90. The van der Waals surface area contributed by atoms with Crippen LogP contribution in [0.3, 0.4) is 0 Å². The minimum Gasteiger partial charge on any atom is -0.355 e. The van der Waals surface area contributed by atoms with Crippen molar-refractivity contribution in [1.82, 2.24) is 5.16 Å². The lowest BCUT2D eigenvalue weighted by atomic mass is 10.0. The molecule has 0 atom stereocenters. The molecule has 0 aliphatic rings. The zero-order valence-corrected chi connectivity index (χ0v) is 9.57. The first kappa shape index (κ1) is 10.6. The highest BCUT2D eigenvalue weighted by atomic mass is 16.5. The number of aryl methyl sites for hydroxylation is 3.